The van der Waals surface area contributed by atoms with E-state index in [9.17, 15) is 4.79 Å². The van der Waals surface area contributed by atoms with Crippen LogP contribution in [0.3, 0.4) is 0 Å². The van der Waals surface area contributed by atoms with Gasteiger partial charge in [0, 0.05) is 12.6 Å². The van der Waals surface area contributed by atoms with Crippen molar-refractivity contribution in [3.63, 3.8) is 0 Å². The maximum absolute atomic E-state index is 13.0. The van der Waals surface area contributed by atoms with Crippen molar-refractivity contribution >= 4 is 5.91 Å². The summed E-state index contributed by atoms with van der Waals surface area (Å²) in [5, 5.41) is 0. The average Bonchev–Trinajstić information content (AvgIpc) is 2.77. The summed E-state index contributed by atoms with van der Waals surface area (Å²) in [4.78, 5) is 17.8. The Bertz CT molecular complexity index is 898. The summed E-state index contributed by atoms with van der Waals surface area (Å²) in [6.07, 6.45) is 8.60. The van der Waals surface area contributed by atoms with E-state index in [0.29, 0.717) is 36.1 Å². The standard InChI is InChI=1S/C23H30N2O4/c1-27-19-14-12-17(22(28-2)23(19)29-3)13-15-21(26)25-16-8-7-11-20(25)24-18-9-5-4-6-10-18/h7-8,11-12,14,16,18H,4-6,9-10,13,15H2,1-3H3. The molecule has 6 nitrogen and oxygen atoms in total. The number of aryl methyl sites for hydroxylation is 1. The van der Waals surface area contributed by atoms with E-state index in [0.717, 1.165) is 23.9 Å². The molecule has 0 spiro atoms. The van der Waals surface area contributed by atoms with Crippen LogP contribution >= 0.6 is 0 Å². The van der Waals surface area contributed by atoms with E-state index in [1.165, 1.54) is 19.3 Å². The molecule has 0 amide bonds. The van der Waals surface area contributed by atoms with Crippen LogP contribution in [0.15, 0.2) is 41.5 Å². The molecule has 0 N–H and O–H groups in total. The number of rotatable bonds is 7. The van der Waals surface area contributed by atoms with Crippen molar-refractivity contribution in [2.75, 3.05) is 21.3 Å². The summed E-state index contributed by atoms with van der Waals surface area (Å²) in [7, 11) is 4.76. The monoisotopic (exact) mass is 398 g/mol. The number of ether oxygens (including phenoxy) is 3. The highest BCUT2D eigenvalue weighted by Crippen LogP contribution is 2.40. The van der Waals surface area contributed by atoms with Gasteiger partial charge in [0.1, 0.15) is 5.49 Å². The van der Waals surface area contributed by atoms with Crippen LogP contribution in [-0.4, -0.2) is 37.8 Å². The van der Waals surface area contributed by atoms with Crippen LogP contribution < -0.4 is 19.7 Å². The van der Waals surface area contributed by atoms with Gasteiger partial charge in [-0.3, -0.25) is 14.4 Å². The van der Waals surface area contributed by atoms with Gasteiger partial charge >= 0.3 is 0 Å². The molecule has 6 heteroatoms. The van der Waals surface area contributed by atoms with Crippen molar-refractivity contribution in [3.05, 3.63) is 47.6 Å². The topological polar surface area (TPSA) is 62.1 Å². The number of hydrogen-bond acceptors (Lipinski definition) is 5. The van der Waals surface area contributed by atoms with Gasteiger partial charge in [-0.15, -0.1) is 0 Å². The van der Waals surface area contributed by atoms with Gasteiger partial charge in [0.15, 0.2) is 11.5 Å². The minimum Gasteiger partial charge on any atom is -0.493 e. The van der Waals surface area contributed by atoms with Gasteiger partial charge < -0.3 is 14.2 Å². The zero-order valence-electron chi connectivity index (χ0n) is 17.5. The lowest BCUT2D eigenvalue weighted by Gasteiger charge is -2.18. The van der Waals surface area contributed by atoms with Gasteiger partial charge in [-0.25, -0.2) is 0 Å². The molecule has 2 aromatic rings. The average molecular weight is 399 g/mol. The van der Waals surface area contributed by atoms with Gasteiger partial charge in [0.05, 0.1) is 27.4 Å². The first-order chi connectivity index (χ1) is 14.2. The fraction of sp³-hybridized carbons (Fsp3) is 0.478. The molecule has 0 atom stereocenters. The van der Waals surface area contributed by atoms with Crippen molar-refractivity contribution in [3.8, 4) is 17.2 Å². The van der Waals surface area contributed by atoms with Crippen LogP contribution in [0, 0.1) is 0 Å². The molecular weight excluding hydrogens is 368 g/mol. The second-order valence-corrected chi connectivity index (χ2v) is 7.24. The Morgan fingerprint density at radius 1 is 1.00 bits per heavy atom. The zero-order valence-corrected chi connectivity index (χ0v) is 17.5. The molecule has 0 bridgehead atoms. The fourth-order valence-electron chi connectivity index (χ4n) is 3.87. The Morgan fingerprint density at radius 3 is 2.45 bits per heavy atom. The maximum Gasteiger partial charge on any atom is 0.232 e. The Morgan fingerprint density at radius 2 is 1.76 bits per heavy atom. The molecule has 1 aromatic heterocycles. The largest absolute Gasteiger partial charge is 0.493 e. The molecule has 29 heavy (non-hydrogen) atoms. The van der Waals surface area contributed by atoms with E-state index in [-0.39, 0.29) is 5.91 Å². The van der Waals surface area contributed by atoms with Crippen LogP contribution in [0.1, 0.15) is 48.9 Å². The minimum atomic E-state index is 0.0111. The summed E-state index contributed by atoms with van der Waals surface area (Å²) >= 11 is 0. The lowest BCUT2D eigenvalue weighted by atomic mass is 9.96. The van der Waals surface area contributed by atoms with E-state index < -0.39 is 0 Å². The van der Waals surface area contributed by atoms with Crippen LogP contribution in [0.4, 0.5) is 0 Å². The third-order valence-corrected chi connectivity index (χ3v) is 5.39. The van der Waals surface area contributed by atoms with Gasteiger partial charge in [-0.1, -0.05) is 31.4 Å². The van der Waals surface area contributed by atoms with Crippen molar-refractivity contribution < 1.29 is 19.0 Å². The molecule has 0 aliphatic heterocycles. The van der Waals surface area contributed by atoms with Crippen molar-refractivity contribution in [1.82, 2.24) is 4.57 Å². The smallest absolute Gasteiger partial charge is 0.232 e. The molecule has 1 aliphatic rings. The Hall–Kier alpha value is -2.76. The predicted molar refractivity (Wildman–Crippen MR) is 112 cm³/mol. The SMILES string of the molecule is COc1ccc(CCC(=O)n2ccccc2=NC2CCCCC2)c(OC)c1OC. The van der Waals surface area contributed by atoms with E-state index in [4.69, 9.17) is 19.2 Å². The number of aromatic nitrogens is 1. The number of carbonyl (C=O) groups is 1. The number of benzene rings is 1. The molecule has 1 aromatic carbocycles. The molecule has 156 valence electrons. The van der Waals surface area contributed by atoms with E-state index in [1.807, 2.05) is 30.3 Å². The van der Waals surface area contributed by atoms with Gasteiger partial charge in [0.25, 0.3) is 0 Å². The molecule has 3 rings (SSSR count). The zero-order chi connectivity index (χ0) is 20.6. The first-order valence-corrected chi connectivity index (χ1v) is 10.2. The number of nitrogens with zero attached hydrogens (tertiary/aromatic N) is 2. The Balaban J connectivity index is 1.79. The third-order valence-electron chi connectivity index (χ3n) is 5.39. The van der Waals surface area contributed by atoms with Crippen LogP contribution in [0.5, 0.6) is 17.2 Å². The first-order valence-electron chi connectivity index (χ1n) is 10.2. The highest BCUT2D eigenvalue weighted by molar-refractivity contribution is 5.79. The quantitative estimate of drug-likeness (QED) is 0.707. The summed E-state index contributed by atoms with van der Waals surface area (Å²) in [5.74, 6) is 1.76. The number of carbonyl (C=O) groups excluding carboxylic acids is 1. The summed E-state index contributed by atoms with van der Waals surface area (Å²) in [6, 6.07) is 9.79. The van der Waals surface area contributed by atoms with Crippen molar-refractivity contribution in [1.29, 1.82) is 0 Å². The predicted octanol–water partition coefficient (Wildman–Crippen LogP) is 4.02. The van der Waals surface area contributed by atoms with E-state index in [2.05, 4.69) is 0 Å². The number of pyridine rings is 1. The number of methoxy groups -OCH3 is 3. The highest BCUT2D eigenvalue weighted by atomic mass is 16.5. The molecule has 1 aliphatic carbocycles. The minimum absolute atomic E-state index is 0.0111. The molecule has 1 heterocycles. The van der Waals surface area contributed by atoms with Gasteiger partial charge in [-0.05, 0) is 43.0 Å². The molecular formula is C23H30N2O4. The summed E-state index contributed by atoms with van der Waals surface area (Å²) < 4.78 is 18.0. The lowest BCUT2D eigenvalue weighted by molar-refractivity contribution is 0.0897. The van der Waals surface area contributed by atoms with E-state index in [1.54, 1.807) is 32.1 Å². The second-order valence-electron chi connectivity index (χ2n) is 7.24. The molecule has 0 radical (unpaired) electrons. The number of hydrogen-bond donors (Lipinski definition) is 0. The van der Waals surface area contributed by atoms with Crippen molar-refractivity contribution in [2.24, 2.45) is 4.99 Å². The fourth-order valence-corrected chi connectivity index (χ4v) is 3.87. The second kappa shape index (κ2) is 10.1. The van der Waals surface area contributed by atoms with Gasteiger partial charge in [0.2, 0.25) is 11.7 Å². The third kappa shape index (κ3) is 5.00. The lowest BCUT2D eigenvalue weighted by Crippen LogP contribution is -2.29. The van der Waals surface area contributed by atoms with Crippen LogP contribution in [0.2, 0.25) is 0 Å². The maximum atomic E-state index is 13.0. The normalized spacial score (nSPS) is 15.2. The Kier molecular flexibility index (Phi) is 7.33. The van der Waals surface area contributed by atoms with Crippen molar-refractivity contribution in [2.45, 2.75) is 51.0 Å². The summed E-state index contributed by atoms with van der Waals surface area (Å²) in [6.45, 7) is 0. The van der Waals surface area contributed by atoms with E-state index >= 15 is 0 Å². The first kappa shape index (κ1) is 21.0. The molecule has 0 saturated heterocycles. The molecule has 1 fully saturated rings. The Labute approximate surface area is 172 Å². The summed E-state index contributed by atoms with van der Waals surface area (Å²) in [5.41, 5.74) is 1.64. The van der Waals surface area contributed by atoms with Crippen LogP contribution in [0.25, 0.3) is 0 Å². The molecule has 1 saturated carbocycles. The highest BCUT2D eigenvalue weighted by Gasteiger charge is 2.17. The van der Waals surface area contributed by atoms with Crippen LogP contribution in [-0.2, 0) is 6.42 Å². The molecule has 0 unspecified atom stereocenters. The van der Waals surface area contributed by atoms with Gasteiger partial charge in [-0.2, -0.15) is 0 Å².